The van der Waals surface area contributed by atoms with E-state index in [0.29, 0.717) is 37.9 Å². The van der Waals surface area contributed by atoms with Crippen LogP contribution in [0.4, 0.5) is 0 Å². The highest BCUT2D eigenvalue weighted by molar-refractivity contribution is 6.03. The number of fused-ring (bicyclic) bond motifs is 1. The van der Waals surface area contributed by atoms with E-state index >= 15 is 0 Å². The Morgan fingerprint density at radius 1 is 1.00 bits per heavy atom. The fourth-order valence-corrected chi connectivity index (χ4v) is 4.75. The van der Waals surface area contributed by atoms with Gasteiger partial charge in [0.15, 0.2) is 0 Å². The van der Waals surface area contributed by atoms with E-state index in [4.69, 9.17) is 9.84 Å². The summed E-state index contributed by atoms with van der Waals surface area (Å²) >= 11 is 0. The number of rotatable bonds is 8. The molecule has 3 heterocycles. The van der Waals surface area contributed by atoms with Crippen molar-refractivity contribution in [1.29, 1.82) is 0 Å². The summed E-state index contributed by atoms with van der Waals surface area (Å²) in [6.45, 7) is 8.21. The number of carbonyl (C=O) groups excluding carboxylic acids is 1. The second-order valence-electron chi connectivity index (χ2n) is 9.71. The topological polar surface area (TPSA) is 80.5 Å². The molecular weight excluding hydrogens is 464 g/mol. The molecule has 0 radical (unpaired) electrons. The maximum atomic E-state index is 13.4. The highest BCUT2D eigenvalue weighted by atomic mass is 16.5. The molecule has 0 saturated heterocycles. The van der Waals surface area contributed by atoms with E-state index in [-0.39, 0.29) is 12.5 Å². The van der Waals surface area contributed by atoms with Gasteiger partial charge in [-0.1, -0.05) is 44.2 Å². The molecule has 190 valence electrons. The molecule has 0 unspecified atom stereocenters. The first kappa shape index (κ1) is 24.7. The SMILES string of the molecule is Cc1cc(-c2c(-c3ccncc3)nn3c2C(=O)N(CCO)CC3)ccc1OCc1ccc(C(C)C)cc1. The third-order valence-electron chi connectivity index (χ3n) is 6.85. The van der Waals surface area contributed by atoms with Crippen LogP contribution in [0.25, 0.3) is 22.4 Å². The Morgan fingerprint density at radius 2 is 1.76 bits per heavy atom. The zero-order valence-electron chi connectivity index (χ0n) is 21.5. The van der Waals surface area contributed by atoms with Gasteiger partial charge in [-0.15, -0.1) is 0 Å². The quantitative estimate of drug-likeness (QED) is 0.368. The van der Waals surface area contributed by atoms with Crippen molar-refractivity contribution in [2.24, 2.45) is 0 Å². The molecule has 7 nitrogen and oxygen atoms in total. The normalized spacial score (nSPS) is 13.2. The molecule has 0 bridgehead atoms. The minimum atomic E-state index is -0.120. The van der Waals surface area contributed by atoms with Crippen LogP contribution in [0.2, 0.25) is 0 Å². The van der Waals surface area contributed by atoms with Crippen molar-refractivity contribution >= 4 is 5.91 Å². The van der Waals surface area contributed by atoms with Crippen molar-refractivity contribution in [3.05, 3.63) is 89.4 Å². The Hall–Kier alpha value is -3.97. The molecule has 0 saturated carbocycles. The summed E-state index contributed by atoms with van der Waals surface area (Å²) in [6, 6.07) is 18.4. The molecule has 0 fully saturated rings. The summed E-state index contributed by atoms with van der Waals surface area (Å²) < 4.78 is 7.95. The van der Waals surface area contributed by atoms with Crippen molar-refractivity contribution in [1.82, 2.24) is 19.7 Å². The standard InChI is InChI=1S/C30H32N4O3/c1-20(2)23-6-4-22(5-7-23)19-37-26-9-8-25(18-21(26)3)27-28(24-10-12-31-13-11-24)32-34-15-14-33(16-17-35)30(36)29(27)34/h4-13,18,20,35H,14-17,19H2,1-3H3. The third-order valence-corrected chi connectivity index (χ3v) is 6.85. The summed E-state index contributed by atoms with van der Waals surface area (Å²) in [4.78, 5) is 19.3. The van der Waals surface area contributed by atoms with Gasteiger partial charge < -0.3 is 14.7 Å². The van der Waals surface area contributed by atoms with Crippen molar-refractivity contribution in [2.75, 3.05) is 19.7 Å². The number of β-amino-alcohol motifs (C(OH)–C–C–N with tert-alkyl or cyclic N) is 1. The van der Waals surface area contributed by atoms with Crippen LogP contribution in [-0.4, -0.2) is 50.4 Å². The lowest BCUT2D eigenvalue weighted by atomic mass is 9.96. The molecule has 1 amide bonds. The molecule has 2 aromatic carbocycles. The molecule has 0 aliphatic carbocycles. The second kappa shape index (κ2) is 10.6. The predicted octanol–water partition coefficient (Wildman–Crippen LogP) is 5.07. The first-order valence-electron chi connectivity index (χ1n) is 12.7. The first-order valence-corrected chi connectivity index (χ1v) is 12.7. The lowest BCUT2D eigenvalue weighted by Gasteiger charge is -2.27. The molecule has 0 spiro atoms. The van der Waals surface area contributed by atoms with E-state index in [1.165, 1.54) is 5.56 Å². The fraction of sp³-hybridized carbons (Fsp3) is 0.300. The summed E-state index contributed by atoms with van der Waals surface area (Å²) in [7, 11) is 0. The van der Waals surface area contributed by atoms with E-state index in [0.717, 1.165) is 39.3 Å². The molecule has 37 heavy (non-hydrogen) atoms. The summed E-state index contributed by atoms with van der Waals surface area (Å²) in [6.07, 6.45) is 3.46. The van der Waals surface area contributed by atoms with Crippen LogP contribution in [0.15, 0.2) is 67.0 Å². The molecule has 1 N–H and O–H groups in total. The van der Waals surface area contributed by atoms with Crippen LogP contribution >= 0.6 is 0 Å². The Labute approximate surface area is 217 Å². The maximum Gasteiger partial charge on any atom is 0.272 e. The summed E-state index contributed by atoms with van der Waals surface area (Å²) in [5.41, 5.74) is 7.29. The van der Waals surface area contributed by atoms with Crippen LogP contribution in [0, 0.1) is 6.92 Å². The summed E-state index contributed by atoms with van der Waals surface area (Å²) in [5.74, 6) is 1.18. The highest BCUT2D eigenvalue weighted by Crippen LogP contribution is 2.38. The van der Waals surface area contributed by atoms with Crippen molar-refractivity contribution < 1.29 is 14.6 Å². The van der Waals surface area contributed by atoms with Crippen LogP contribution in [0.3, 0.4) is 0 Å². The predicted molar refractivity (Wildman–Crippen MR) is 143 cm³/mol. The Kier molecular flexibility index (Phi) is 7.06. The van der Waals surface area contributed by atoms with Gasteiger partial charge in [-0.25, -0.2) is 0 Å². The molecule has 1 aliphatic rings. The van der Waals surface area contributed by atoms with Gasteiger partial charge in [0, 0.05) is 36.6 Å². The number of ether oxygens (including phenoxy) is 1. The highest BCUT2D eigenvalue weighted by Gasteiger charge is 2.32. The Balaban J connectivity index is 1.48. The van der Waals surface area contributed by atoms with Crippen molar-refractivity contribution in [2.45, 2.75) is 39.8 Å². The number of hydrogen-bond acceptors (Lipinski definition) is 5. The largest absolute Gasteiger partial charge is 0.489 e. The average Bonchev–Trinajstić information content (AvgIpc) is 3.31. The van der Waals surface area contributed by atoms with Gasteiger partial charge in [0.05, 0.1) is 13.2 Å². The minimum absolute atomic E-state index is 0.0717. The lowest BCUT2D eigenvalue weighted by molar-refractivity contribution is 0.0662. The van der Waals surface area contributed by atoms with E-state index in [9.17, 15) is 9.90 Å². The van der Waals surface area contributed by atoms with Crippen LogP contribution in [0.1, 0.15) is 46.9 Å². The monoisotopic (exact) mass is 496 g/mol. The molecule has 5 rings (SSSR count). The van der Waals surface area contributed by atoms with Gasteiger partial charge >= 0.3 is 0 Å². The van der Waals surface area contributed by atoms with Gasteiger partial charge in [0.1, 0.15) is 23.7 Å². The van der Waals surface area contributed by atoms with Gasteiger partial charge in [-0.05, 0) is 59.4 Å². The minimum Gasteiger partial charge on any atom is -0.489 e. The molecule has 0 atom stereocenters. The molecule has 2 aromatic heterocycles. The number of amides is 1. The number of hydrogen-bond donors (Lipinski definition) is 1. The van der Waals surface area contributed by atoms with Crippen molar-refractivity contribution in [3.8, 4) is 28.1 Å². The number of benzene rings is 2. The lowest BCUT2D eigenvalue weighted by Crippen LogP contribution is -2.42. The van der Waals surface area contributed by atoms with E-state index in [1.54, 1.807) is 22.0 Å². The number of aromatic nitrogens is 3. The number of aliphatic hydroxyl groups excluding tert-OH is 1. The van der Waals surface area contributed by atoms with Crippen molar-refractivity contribution in [3.63, 3.8) is 0 Å². The summed E-state index contributed by atoms with van der Waals surface area (Å²) in [5, 5.41) is 14.3. The van der Waals surface area contributed by atoms with Gasteiger partial charge in [0.2, 0.25) is 0 Å². The van der Waals surface area contributed by atoms with Gasteiger partial charge in [0.25, 0.3) is 5.91 Å². The number of aryl methyl sites for hydroxylation is 1. The maximum absolute atomic E-state index is 13.4. The number of aliphatic hydroxyl groups is 1. The van der Waals surface area contributed by atoms with Crippen LogP contribution in [-0.2, 0) is 13.2 Å². The van der Waals surface area contributed by atoms with Gasteiger partial charge in [-0.2, -0.15) is 5.10 Å². The smallest absolute Gasteiger partial charge is 0.272 e. The Bertz CT molecular complexity index is 1390. The zero-order chi connectivity index (χ0) is 25.9. The van der Waals surface area contributed by atoms with E-state index in [1.807, 2.05) is 31.2 Å². The van der Waals surface area contributed by atoms with E-state index in [2.05, 4.69) is 49.2 Å². The molecule has 4 aromatic rings. The molecular formula is C30H32N4O3. The van der Waals surface area contributed by atoms with Crippen LogP contribution < -0.4 is 4.74 Å². The van der Waals surface area contributed by atoms with Crippen LogP contribution in [0.5, 0.6) is 5.75 Å². The number of nitrogens with zero attached hydrogens (tertiary/aromatic N) is 4. The third kappa shape index (κ3) is 5.00. The Morgan fingerprint density at radius 3 is 2.43 bits per heavy atom. The fourth-order valence-electron chi connectivity index (χ4n) is 4.75. The zero-order valence-corrected chi connectivity index (χ0v) is 21.5. The number of pyridine rings is 1. The number of carbonyl (C=O) groups is 1. The van der Waals surface area contributed by atoms with Gasteiger partial charge in [-0.3, -0.25) is 14.5 Å². The first-order chi connectivity index (χ1) is 18.0. The average molecular weight is 497 g/mol. The second-order valence-corrected chi connectivity index (χ2v) is 9.71. The van der Waals surface area contributed by atoms with E-state index < -0.39 is 0 Å². The molecule has 7 heteroatoms. The molecule has 1 aliphatic heterocycles.